The van der Waals surface area contributed by atoms with E-state index in [-0.39, 0.29) is 24.5 Å². The lowest BCUT2D eigenvalue weighted by atomic mass is 9.77. The zero-order valence-corrected chi connectivity index (χ0v) is 16.4. The summed E-state index contributed by atoms with van der Waals surface area (Å²) in [6, 6.07) is 12.2. The topological polar surface area (TPSA) is 66.6 Å². The Bertz CT molecular complexity index is 934. The summed E-state index contributed by atoms with van der Waals surface area (Å²) in [6.45, 7) is 2.05. The van der Waals surface area contributed by atoms with Crippen molar-refractivity contribution in [1.82, 2.24) is 10.1 Å². The molecule has 6 nitrogen and oxygen atoms in total. The quantitative estimate of drug-likeness (QED) is 0.511. The van der Waals surface area contributed by atoms with Gasteiger partial charge in [0.15, 0.2) is 6.79 Å². The van der Waals surface area contributed by atoms with Gasteiger partial charge in [-0.1, -0.05) is 31.2 Å². The van der Waals surface area contributed by atoms with Crippen LogP contribution in [0.2, 0.25) is 0 Å². The van der Waals surface area contributed by atoms with E-state index in [1.807, 2.05) is 0 Å². The molecule has 2 heterocycles. The van der Waals surface area contributed by atoms with Gasteiger partial charge < -0.3 is 18.7 Å². The number of ether oxygens (including phenoxy) is 3. The van der Waals surface area contributed by atoms with Crippen molar-refractivity contribution in [1.29, 1.82) is 0 Å². The van der Waals surface area contributed by atoms with Gasteiger partial charge in [0, 0.05) is 24.9 Å². The Morgan fingerprint density at radius 1 is 1.14 bits per heavy atom. The van der Waals surface area contributed by atoms with E-state index in [9.17, 15) is 4.39 Å². The highest BCUT2D eigenvalue weighted by Gasteiger charge is 2.32. The van der Waals surface area contributed by atoms with Gasteiger partial charge in [-0.3, -0.25) is 0 Å². The maximum Gasteiger partial charge on any atom is 0.293 e. The molecular weight excluding hydrogens is 375 g/mol. The summed E-state index contributed by atoms with van der Waals surface area (Å²) in [4.78, 5) is 4.27. The van der Waals surface area contributed by atoms with E-state index < -0.39 is 5.82 Å². The Kier molecular flexibility index (Phi) is 5.76. The molecule has 2 aromatic heterocycles. The second-order valence-electron chi connectivity index (χ2n) is 7.07. The van der Waals surface area contributed by atoms with Gasteiger partial charge in [0.05, 0.1) is 0 Å². The van der Waals surface area contributed by atoms with Crippen molar-refractivity contribution >= 4 is 0 Å². The third kappa shape index (κ3) is 4.24. The number of halogens is 1. The molecule has 1 fully saturated rings. The first-order valence-corrected chi connectivity index (χ1v) is 9.66. The Morgan fingerprint density at radius 3 is 2.59 bits per heavy atom. The molecule has 0 unspecified atom stereocenters. The van der Waals surface area contributed by atoms with Crippen LogP contribution in [-0.2, 0) is 11.2 Å². The molecule has 1 saturated carbocycles. The fourth-order valence-electron chi connectivity index (χ4n) is 3.36. The Morgan fingerprint density at radius 2 is 1.93 bits per heavy atom. The van der Waals surface area contributed by atoms with Crippen LogP contribution in [-0.4, -0.2) is 30.1 Å². The summed E-state index contributed by atoms with van der Waals surface area (Å²) >= 11 is 0. The predicted molar refractivity (Wildman–Crippen MR) is 104 cm³/mol. The number of rotatable bonds is 8. The molecule has 0 spiro atoms. The minimum atomic E-state index is -0.687. The van der Waals surface area contributed by atoms with Crippen LogP contribution >= 0.6 is 0 Å². The van der Waals surface area contributed by atoms with Gasteiger partial charge in [-0.05, 0) is 47.5 Å². The molecule has 152 valence electrons. The fourth-order valence-corrected chi connectivity index (χ4v) is 3.36. The number of benzene rings is 1. The third-order valence-electron chi connectivity index (χ3n) is 5.16. The summed E-state index contributed by atoms with van der Waals surface area (Å²) in [5, 5.41) is 3.56. The molecular formula is C22H23FN2O4. The minimum Gasteiger partial charge on any atom is -0.474 e. The second-order valence-corrected chi connectivity index (χ2v) is 7.07. The molecule has 3 aromatic rings. The predicted octanol–water partition coefficient (Wildman–Crippen LogP) is 4.75. The van der Waals surface area contributed by atoms with Gasteiger partial charge in [0.25, 0.3) is 5.88 Å². The van der Waals surface area contributed by atoms with Gasteiger partial charge in [0.2, 0.25) is 17.5 Å². The van der Waals surface area contributed by atoms with Crippen LogP contribution in [0.5, 0.6) is 11.8 Å². The fraction of sp³-hybridized carbons (Fsp3) is 0.364. The number of nitrogens with zero attached hydrogens (tertiary/aromatic N) is 2. The molecule has 0 radical (unpaired) electrons. The number of methoxy groups -OCH3 is 1. The van der Waals surface area contributed by atoms with E-state index in [2.05, 4.69) is 41.3 Å². The normalized spacial score (nSPS) is 18.3. The summed E-state index contributed by atoms with van der Waals surface area (Å²) in [7, 11) is 1.44. The molecule has 0 amide bonds. The van der Waals surface area contributed by atoms with Crippen LogP contribution in [0, 0.1) is 5.82 Å². The Labute approximate surface area is 168 Å². The number of hydrogen-bond acceptors (Lipinski definition) is 6. The van der Waals surface area contributed by atoms with Gasteiger partial charge >= 0.3 is 0 Å². The van der Waals surface area contributed by atoms with Gasteiger partial charge in [-0.15, -0.1) is 0 Å². The highest BCUT2D eigenvalue weighted by Crippen LogP contribution is 2.39. The summed E-state index contributed by atoms with van der Waals surface area (Å²) in [6.07, 6.45) is 4.62. The van der Waals surface area contributed by atoms with E-state index in [0.717, 1.165) is 19.3 Å². The molecule has 1 aromatic carbocycles. The van der Waals surface area contributed by atoms with Crippen LogP contribution in [0.3, 0.4) is 0 Å². The lowest BCUT2D eigenvalue weighted by molar-refractivity contribution is 0.0429. The first kappa shape index (κ1) is 19.4. The number of aromatic nitrogens is 2. The average Bonchev–Trinajstić information content (AvgIpc) is 3.10. The van der Waals surface area contributed by atoms with Crippen LogP contribution in [0.1, 0.15) is 36.8 Å². The van der Waals surface area contributed by atoms with Gasteiger partial charge in [0.1, 0.15) is 6.10 Å². The van der Waals surface area contributed by atoms with E-state index in [1.165, 1.54) is 24.4 Å². The van der Waals surface area contributed by atoms with Crippen LogP contribution in [0.15, 0.2) is 47.1 Å². The standard InChI is InChI=1S/C22H23FN2O4/c1-3-14-4-6-15(7-5-14)17-10-18(11-17)28-19-9-8-16(12-24-19)21-20(23)22(25-29-21)27-13-26-2/h4-9,12,17-18H,3,10-11,13H2,1-2H3. The van der Waals surface area contributed by atoms with E-state index in [0.29, 0.717) is 17.4 Å². The number of aryl methyl sites for hydroxylation is 1. The first-order chi connectivity index (χ1) is 14.2. The summed E-state index contributed by atoms with van der Waals surface area (Å²) < 4.78 is 35.0. The Balaban J connectivity index is 1.33. The van der Waals surface area contributed by atoms with Crippen molar-refractivity contribution in [2.24, 2.45) is 0 Å². The van der Waals surface area contributed by atoms with Crippen LogP contribution in [0.25, 0.3) is 11.3 Å². The van der Waals surface area contributed by atoms with Crippen molar-refractivity contribution in [3.8, 4) is 23.1 Å². The zero-order valence-electron chi connectivity index (χ0n) is 16.4. The average molecular weight is 398 g/mol. The summed E-state index contributed by atoms with van der Waals surface area (Å²) in [5.41, 5.74) is 3.17. The van der Waals surface area contributed by atoms with Crippen molar-refractivity contribution in [2.45, 2.75) is 38.2 Å². The van der Waals surface area contributed by atoms with Gasteiger partial charge in [-0.2, -0.15) is 4.39 Å². The first-order valence-electron chi connectivity index (χ1n) is 9.66. The molecule has 29 heavy (non-hydrogen) atoms. The molecule has 0 N–H and O–H groups in total. The van der Waals surface area contributed by atoms with E-state index in [1.54, 1.807) is 12.1 Å². The molecule has 7 heteroatoms. The molecule has 1 aliphatic carbocycles. The van der Waals surface area contributed by atoms with Crippen molar-refractivity contribution < 1.29 is 23.1 Å². The molecule has 0 aliphatic heterocycles. The largest absolute Gasteiger partial charge is 0.474 e. The Hall–Kier alpha value is -2.93. The van der Waals surface area contributed by atoms with Crippen molar-refractivity contribution in [3.63, 3.8) is 0 Å². The maximum absolute atomic E-state index is 14.3. The number of hydrogen-bond donors (Lipinski definition) is 0. The molecule has 4 rings (SSSR count). The highest BCUT2D eigenvalue weighted by molar-refractivity contribution is 5.58. The zero-order chi connectivity index (χ0) is 20.2. The smallest absolute Gasteiger partial charge is 0.293 e. The van der Waals surface area contributed by atoms with E-state index >= 15 is 0 Å². The lowest BCUT2D eigenvalue weighted by Gasteiger charge is -2.35. The third-order valence-corrected chi connectivity index (χ3v) is 5.16. The minimum absolute atomic E-state index is 0.0330. The van der Waals surface area contributed by atoms with Crippen LogP contribution in [0.4, 0.5) is 4.39 Å². The highest BCUT2D eigenvalue weighted by atomic mass is 19.1. The van der Waals surface area contributed by atoms with Crippen LogP contribution < -0.4 is 9.47 Å². The molecule has 0 atom stereocenters. The lowest BCUT2D eigenvalue weighted by Crippen LogP contribution is -2.32. The molecule has 1 aliphatic rings. The number of pyridine rings is 1. The van der Waals surface area contributed by atoms with Crippen molar-refractivity contribution in [2.75, 3.05) is 13.9 Å². The molecule has 0 bridgehead atoms. The van der Waals surface area contributed by atoms with Crippen molar-refractivity contribution in [3.05, 3.63) is 59.5 Å². The summed E-state index contributed by atoms with van der Waals surface area (Å²) in [5.74, 6) is 0.0748. The second kappa shape index (κ2) is 8.61. The monoisotopic (exact) mass is 398 g/mol. The van der Waals surface area contributed by atoms with Gasteiger partial charge in [-0.25, -0.2) is 4.98 Å². The molecule has 0 saturated heterocycles. The maximum atomic E-state index is 14.3. The van der Waals surface area contributed by atoms with E-state index in [4.69, 9.17) is 18.7 Å². The SMILES string of the molecule is CCc1ccc(C2CC(Oc3ccc(-c4onc(OCOC)c4F)cn3)C2)cc1.